The minimum absolute atomic E-state index is 0.286. The van der Waals surface area contributed by atoms with Crippen LogP contribution < -0.4 is 9.47 Å². The fourth-order valence-corrected chi connectivity index (χ4v) is 4.25. The Morgan fingerprint density at radius 2 is 0.941 bits per heavy atom. The second kappa shape index (κ2) is 11.3. The molecule has 0 atom stereocenters. The molecule has 0 aliphatic rings. The molecule has 0 spiro atoms. The smallest absolute Gasteiger partial charge is 0.133 e. The van der Waals surface area contributed by atoms with E-state index in [4.69, 9.17) is 9.47 Å². The van der Waals surface area contributed by atoms with E-state index >= 15 is 0 Å². The molecule has 3 nitrogen and oxygen atoms in total. The highest BCUT2D eigenvalue weighted by atomic mass is 16.5. The summed E-state index contributed by atoms with van der Waals surface area (Å²) in [5.41, 5.74) is 7.00. The van der Waals surface area contributed by atoms with Gasteiger partial charge in [0, 0.05) is 12.8 Å². The van der Waals surface area contributed by atoms with Gasteiger partial charge in [0.05, 0.1) is 14.2 Å². The average Bonchev–Trinajstić information content (AvgIpc) is 2.91. The number of hydrogen-bond donors (Lipinski definition) is 0. The van der Waals surface area contributed by atoms with Gasteiger partial charge in [0.25, 0.3) is 0 Å². The molecule has 4 aromatic carbocycles. The molecule has 4 aromatic rings. The lowest BCUT2D eigenvalue weighted by Gasteiger charge is -2.12. The molecule has 0 saturated carbocycles. The maximum Gasteiger partial charge on any atom is 0.133 e. The van der Waals surface area contributed by atoms with Gasteiger partial charge in [-0.25, -0.2) is 0 Å². The standard InChI is InChI=1S/C31H30O3/c1-33-28-19-13-25(14-20-28)30-9-5-3-7-23(30)11-17-27(32)18-12-24-8-4-6-10-31(24)26-15-21-29(34-2)22-16-26/h3-10,13-16,19-22H,11-12,17-18H2,1-2H3. The summed E-state index contributed by atoms with van der Waals surface area (Å²) in [7, 11) is 3.34. The number of carbonyl (C=O) groups excluding carboxylic acids is 1. The topological polar surface area (TPSA) is 35.5 Å². The van der Waals surface area contributed by atoms with Gasteiger partial charge < -0.3 is 9.47 Å². The SMILES string of the molecule is COc1ccc(-c2ccccc2CCC(=O)CCc2ccccc2-c2ccc(OC)cc2)cc1. The van der Waals surface area contributed by atoms with Crippen molar-refractivity contribution in [3.63, 3.8) is 0 Å². The minimum atomic E-state index is 0.286. The van der Waals surface area contributed by atoms with E-state index in [0.29, 0.717) is 12.8 Å². The molecule has 0 aliphatic heterocycles. The van der Waals surface area contributed by atoms with Crippen LogP contribution in [0, 0.1) is 0 Å². The van der Waals surface area contributed by atoms with Gasteiger partial charge in [0.1, 0.15) is 17.3 Å². The van der Waals surface area contributed by atoms with Crippen molar-refractivity contribution in [1.29, 1.82) is 0 Å². The summed E-state index contributed by atoms with van der Waals surface area (Å²) in [4.78, 5) is 12.8. The molecule has 0 N–H and O–H groups in total. The Hall–Kier alpha value is -3.85. The lowest BCUT2D eigenvalue weighted by atomic mass is 9.93. The van der Waals surface area contributed by atoms with E-state index in [9.17, 15) is 4.79 Å². The van der Waals surface area contributed by atoms with Crippen LogP contribution in [0.25, 0.3) is 22.3 Å². The third-order valence-corrected chi connectivity index (χ3v) is 6.18. The number of Topliss-reactive ketones (excluding diaryl/α,β-unsaturated/α-hetero) is 1. The van der Waals surface area contributed by atoms with Crippen LogP contribution in [-0.4, -0.2) is 20.0 Å². The van der Waals surface area contributed by atoms with Crippen molar-refractivity contribution in [2.45, 2.75) is 25.7 Å². The molecule has 4 rings (SSSR count). The van der Waals surface area contributed by atoms with Crippen molar-refractivity contribution in [3.05, 3.63) is 108 Å². The normalized spacial score (nSPS) is 10.6. The Balaban J connectivity index is 1.39. The predicted octanol–water partition coefficient (Wildman–Crippen LogP) is 7.17. The van der Waals surface area contributed by atoms with Gasteiger partial charge in [-0.1, -0.05) is 72.8 Å². The largest absolute Gasteiger partial charge is 0.497 e. The lowest BCUT2D eigenvalue weighted by molar-refractivity contribution is -0.119. The van der Waals surface area contributed by atoms with Crippen molar-refractivity contribution >= 4 is 5.78 Å². The Bertz CT molecular complexity index is 1130. The summed E-state index contributed by atoms with van der Waals surface area (Å²) in [5, 5.41) is 0. The fourth-order valence-electron chi connectivity index (χ4n) is 4.25. The number of carbonyl (C=O) groups is 1. The van der Waals surface area contributed by atoms with Crippen molar-refractivity contribution in [1.82, 2.24) is 0 Å². The van der Waals surface area contributed by atoms with Gasteiger partial charge in [-0.3, -0.25) is 4.79 Å². The van der Waals surface area contributed by atoms with Crippen molar-refractivity contribution in [3.8, 4) is 33.8 Å². The summed E-state index contributed by atoms with van der Waals surface area (Å²) in [6.07, 6.45) is 2.55. The Morgan fingerprint density at radius 3 is 1.32 bits per heavy atom. The van der Waals surface area contributed by atoms with Gasteiger partial charge in [0.2, 0.25) is 0 Å². The Morgan fingerprint density at radius 1 is 0.559 bits per heavy atom. The van der Waals surface area contributed by atoms with E-state index in [2.05, 4.69) is 48.5 Å². The molecule has 0 heterocycles. The molecule has 0 unspecified atom stereocenters. The van der Waals surface area contributed by atoms with Crippen LogP contribution in [0.2, 0.25) is 0 Å². The number of hydrogen-bond acceptors (Lipinski definition) is 3. The first-order chi connectivity index (χ1) is 16.7. The molecule has 3 heteroatoms. The van der Waals surface area contributed by atoms with Gasteiger partial charge in [-0.05, 0) is 70.5 Å². The average molecular weight is 451 g/mol. The number of aryl methyl sites for hydroxylation is 2. The number of ether oxygens (including phenoxy) is 2. The van der Waals surface area contributed by atoms with E-state index in [1.807, 2.05) is 48.5 Å². The van der Waals surface area contributed by atoms with E-state index in [1.54, 1.807) is 14.2 Å². The number of ketones is 1. The number of benzene rings is 4. The zero-order valence-electron chi connectivity index (χ0n) is 19.8. The zero-order chi connectivity index (χ0) is 23.8. The molecular formula is C31H30O3. The first-order valence-corrected chi connectivity index (χ1v) is 11.6. The molecule has 34 heavy (non-hydrogen) atoms. The number of methoxy groups -OCH3 is 2. The van der Waals surface area contributed by atoms with E-state index in [-0.39, 0.29) is 5.78 Å². The van der Waals surface area contributed by atoms with E-state index in [1.165, 1.54) is 22.3 Å². The van der Waals surface area contributed by atoms with Crippen LogP contribution in [0.3, 0.4) is 0 Å². The lowest BCUT2D eigenvalue weighted by Crippen LogP contribution is -2.04. The van der Waals surface area contributed by atoms with Crippen LogP contribution in [0.1, 0.15) is 24.0 Å². The summed E-state index contributed by atoms with van der Waals surface area (Å²) >= 11 is 0. The van der Waals surface area contributed by atoms with Crippen molar-refractivity contribution in [2.75, 3.05) is 14.2 Å². The van der Waals surface area contributed by atoms with E-state index < -0.39 is 0 Å². The molecular weight excluding hydrogens is 420 g/mol. The first-order valence-electron chi connectivity index (χ1n) is 11.6. The van der Waals surface area contributed by atoms with Crippen molar-refractivity contribution in [2.24, 2.45) is 0 Å². The zero-order valence-corrected chi connectivity index (χ0v) is 19.8. The van der Waals surface area contributed by atoms with Crippen LogP contribution in [0.15, 0.2) is 97.1 Å². The predicted molar refractivity (Wildman–Crippen MR) is 139 cm³/mol. The van der Waals surface area contributed by atoms with Crippen LogP contribution in [0.4, 0.5) is 0 Å². The highest BCUT2D eigenvalue weighted by molar-refractivity contribution is 5.80. The maximum absolute atomic E-state index is 12.8. The third kappa shape index (κ3) is 5.74. The highest BCUT2D eigenvalue weighted by Crippen LogP contribution is 2.28. The van der Waals surface area contributed by atoms with Crippen LogP contribution in [0.5, 0.6) is 11.5 Å². The van der Waals surface area contributed by atoms with Crippen LogP contribution >= 0.6 is 0 Å². The van der Waals surface area contributed by atoms with Gasteiger partial charge in [-0.15, -0.1) is 0 Å². The molecule has 0 radical (unpaired) electrons. The summed E-state index contributed by atoms with van der Waals surface area (Å²) < 4.78 is 10.5. The molecule has 0 fully saturated rings. The second-order valence-corrected chi connectivity index (χ2v) is 8.31. The van der Waals surface area contributed by atoms with Crippen molar-refractivity contribution < 1.29 is 14.3 Å². The summed E-state index contributed by atoms with van der Waals surface area (Å²) in [6.45, 7) is 0. The summed E-state index contributed by atoms with van der Waals surface area (Å²) in [5.74, 6) is 1.96. The Kier molecular flexibility index (Phi) is 7.77. The second-order valence-electron chi connectivity index (χ2n) is 8.31. The van der Waals surface area contributed by atoms with Crippen LogP contribution in [-0.2, 0) is 17.6 Å². The Labute approximate surface area is 202 Å². The monoisotopic (exact) mass is 450 g/mol. The third-order valence-electron chi connectivity index (χ3n) is 6.18. The number of rotatable bonds is 10. The van der Waals surface area contributed by atoms with Gasteiger partial charge >= 0.3 is 0 Å². The molecule has 0 aromatic heterocycles. The molecule has 0 bridgehead atoms. The van der Waals surface area contributed by atoms with Gasteiger partial charge in [0.15, 0.2) is 0 Å². The molecule has 0 amide bonds. The quantitative estimate of drug-likeness (QED) is 0.257. The fraction of sp³-hybridized carbons (Fsp3) is 0.194. The highest BCUT2D eigenvalue weighted by Gasteiger charge is 2.11. The minimum Gasteiger partial charge on any atom is -0.497 e. The molecule has 172 valence electrons. The first kappa shape index (κ1) is 23.3. The van der Waals surface area contributed by atoms with E-state index in [0.717, 1.165) is 35.5 Å². The van der Waals surface area contributed by atoms with Gasteiger partial charge in [-0.2, -0.15) is 0 Å². The summed E-state index contributed by atoms with van der Waals surface area (Å²) in [6, 6.07) is 32.8. The maximum atomic E-state index is 12.8. The molecule has 0 aliphatic carbocycles. The molecule has 0 saturated heterocycles.